The Balaban J connectivity index is 4.37. The molecule has 2 atom stereocenters. The minimum absolute atomic E-state index is 0.0352. The summed E-state index contributed by atoms with van der Waals surface area (Å²) in [6.07, 6.45) is 60.7. The lowest BCUT2D eigenvalue weighted by Gasteiger charge is -2.31. The summed E-state index contributed by atoms with van der Waals surface area (Å²) >= 11 is 0. The molecular weight excluding hydrogens is 799 g/mol. The van der Waals surface area contributed by atoms with Crippen LogP contribution in [-0.2, 0) is 28.6 Å². The average Bonchev–Trinajstić information content (AvgIpc) is 3.26. The molecule has 8 heteroatoms. The van der Waals surface area contributed by atoms with Crippen molar-refractivity contribution in [2.75, 3.05) is 41.0 Å². The van der Waals surface area contributed by atoms with Gasteiger partial charge in [-0.2, -0.15) is 0 Å². The number of nitrogens with zero attached hydrogens (tertiary/aromatic N) is 1. The third-order valence-electron chi connectivity index (χ3n) is 11.1. The maximum atomic E-state index is 12.8. The zero-order chi connectivity index (χ0) is 47.0. The summed E-state index contributed by atoms with van der Waals surface area (Å²) < 4.78 is 17.3. The van der Waals surface area contributed by atoms with Crippen LogP contribution in [0.5, 0.6) is 0 Å². The van der Waals surface area contributed by atoms with Crippen LogP contribution in [0.4, 0.5) is 0 Å². The highest BCUT2D eigenvalue weighted by Gasteiger charge is 2.31. The Labute approximate surface area is 393 Å². The van der Waals surface area contributed by atoms with Gasteiger partial charge in [-0.3, -0.25) is 9.59 Å². The molecule has 0 aromatic carbocycles. The van der Waals surface area contributed by atoms with Gasteiger partial charge < -0.3 is 23.8 Å². The lowest BCUT2D eigenvalue weighted by atomic mass is 10.0. The smallest absolute Gasteiger partial charge is 0.362 e. The van der Waals surface area contributed by atoms with E-state index in [9.17, 15) is 19.5 Å². The van der Waals surface area contributed by atoms with Crippen LogP contribution in [0.3, 0.4) is 0 Å². The average molecular weight is 895 g/mol. The van der Waals surface area contributed by atoms with Crippen LogP contribution >= 0.6 is 0 Å². The van der Waals surface area contributed by atoms with Gasteiger partial charge in [0.25, 0.3) is 0 Å². The summed E-state index contributed by atoms with van der Waals surface area (Å²) in [5.74, 6) is -1.54. The maximum Gasteiger partial charge on any atom is 0.362 e. The highest BCUT2D eigenvalue weighted by atomic mass is 16.6. The van der Waals surface area contributed by atoms with Crippen LogP contribution < -0.4 is 0 Å². The zero-order valence-electron chi connectivity index (χ0n) is 41.7. The number of unbranched alkanes of at least 4 members (excludes halogenated alkanes) is 17. The van der Waals surface area contributed by atoms with E-state index >= 15 is 0 Å². The second kappa shape index (κ2) is 46.1. The molecule has 0 amide bonds. The van der Waals surface area contributed by atoms with Gasteiger partial charge >= 0.3 is 17.9 Å². The largest absolute Gasteiger partial charge is 0.477 e. The molecule has 1 N–H and O–H groups in total. The van der Waals surface area contributed by atoms with Crippen molar-refractivity contribution >= 4 is 17.9 Å². The molecule has 0 aliphatic heterocycles. The first kappa shape index (κ1) is 60.5. The third-order valence-corrected chi connectivity index (χ3v) is 11.1. The molecule has 0 spiro atoms. The van der Waals surface area contributed by atoms with E-state index in [0.29, 0.717) is 19.3 Å². The van der Waals surface area contributed by atoms with E-state index < -0.39 is 18.1 Å². The first-order valence-corrected chi connectivity index (χ1v) is 25.6. The molecule has 0 fully saturated rings. The standard InChI is InChI=1S/C56H95NO7/c1-6-8-10-12-14-16-18-20-22-24-25-26-27-28-29-31-33-35-37-39-41-43-45-47-55(59)64-52(50-62-49-48-53(56(60)61)57(3,4)5)51-63-54(58)46-44-42-40-38-36-34-32-30-23-21-19-17-15-13-11-9-7-2/h8,10,14,16,20,22,25-26,28-29,33,35,39,41,52-53H,6-7,9,11-13,15,17-19,21,23-24,27,30-32,34,36-38,40,42-51H2,1-5H3/p+1/b10-8+,16-14+,22-20+,26-25+,29-28+,35-33+,41-39+. The number of carboxylic acids is 1. The van der Waals surface area contributed by atoms with E-state index in [1.54, 1.807) is 0 Å². The summed E-state index contributed by atoms with van der Waals surface area (Å²) in [5, 5.41) is 9.65. The van der Waals surface area contributed by atoms with Gasteiger partial charge in [-0.1, -0.05) is 202 Å². The van der Waals surface area contributed by atoms with Gasteiger partial charge in [-0.15, -0.1) is 0 Å². The highest BCUT2D eigenvalue weighted by molar-refractivity contribution is 5.72. The van der Waals surface area contributed by atoms with Crippen molar-refractivity contribution in [3.63, 3.8) is 0 Å². The number of hydrogen-bond donors (Lipinski definition) is 1. The Morgan fingerprint density at radius 3 is 1.28 bits per heavy atom. The quantitative estimate of drug-likeness (QED) is 0.0281. The van der Waals surface area contributed by atoms with Crippen molar-refractivity contribution < 1.29 is 38.2 Å². The van der Waals surface area contributed by atoms with Crippen molar-refractivity contribution in [2.45, 2.75) is 212 Å². The van der Waals surface area contributed by atoms with E-state index in [0.717, 1.165) is 70.6 Å². The Kier molecular flexibility index (Phi) is 43.5. The third kappa shape index (κ3) is 43.7. The number of carbonyl (C=O) groups is 3. The van der Waals surface area contributed by atoms with Crippen molar-refractivity contribution in [3.05, 3.63) is 85.1 Å². The molecule has 0 radical (unpaired) electrons. The lowest BCUT2D eigenvalue weighted by Crippen LogP contribution is -2.50. The molecule has 0 saturated heterocycles. The number of quaternary nitrogens is 1. The predicted octanol–water partition coefficient (Wildman–Crippen LogP) is 14.9. The van der Waals surface area contributed by atoms with E-state index in [-0.39, 0.29) is 42.7 Å². The SMILES string of the molecule is CC/C=C/C/C=C/C/C=C/C/C=C/C/C=C/C/C=C/C/C=C/CCCC(=O)OC(COCCC(C(=O)O)[N+](C)(C)C)COC(=O)CCCCCCCCCCCCCCCCCCC. The van der Waals surface area contributed by atoms with Crippen molar-refractivity contribution in [1.82, 2.24) is 0 Å². The van der Waals surface area contributed by atoms with Gasteiger partial charge in [0, 0.05) is 19.3 Å². The number of rotatable bonds is 45. The molecule has 0 aliphatic rings. The minimum atomic E-state index is -0.885. The molecule has 8 nitrogen and oxygen atoms in total. The molecule has 0 aliphatic carbocycles. The summed E-state index contributed by atoms with van der Waals surface area (Å²) in [7, 11) is 5.51. The normalized spacial score (nSPS) is 13.6. The van der Waals surface area contributed by atoms with Crippen LogP contribution in [0.1, 0.15) is 200 Å². The van der Waals surface area contributed by atoms with E-state index in [1.165, 1.54) is 89.9 Å². The molecule has 366 valence electrons. The molecule has 0 rings (SSSR count). The summed E-state index contributed by atoms with van der Waals surface area (Å²) in [4.78, 5) is 37.1. The van der Waals surface area contributed by atoms with Gasteiger partial charge in [0.1, 0.15) is 6.61 Å². The van der Waals surface area contributed by atoms with Gasteiger partial charge in [0.05, 0.1) is 34.4 Å². The van der Waals surface area contributed by atoms with Gasteiger partial charge in [0.2, 0.25) is 0 Å². The summed E-state index contributed by atoms with van der Waals surface area (Å²) in [6, 6.07) is -0.629. The predicted molar refractivity (Wildman–Crippen MR) is 270 cm³/mol. The Bertz CT molecular complexity index is 1320. The topological polar surface area (TPSA) is 99.1 Å². The number of ether oxygens (including phenoxy) is 3. The zero-order valence-corrected chi connectivity index (χ0v) is 41.7. The van der Waals surface area contributed by atoms with Gasteiger partial charge in [-0.05, 0) is 64.2 Å². The van der Waals surface area contributed by atoms with Gasteiger partial charge in [-0.25, -0.2) is 4.79 Å². The first-order valence-electron chi connectivity index (χ1n) is 25.6. The van der Waals surface area contributed by atoms with Crippen LogP contribution in [0.25, 0.3) is 0 Å². The van der Waals surface area contributed by atoms with Crippen LogP contribution in [-0.4, -0.2) is 80.6 Å². The van der Waals surface area contributed by atoms with Crippen LogP contribution in [0.2, 0.25) is 0 Å². The minimum Gasteiger partial charge on any atom is -0.477 e. The van der Waals surface area contributed by atoms with Crippen molar-refractivity contribution in [3.8, 4) is 0 Å². The molecule has 0 aromatic rings. The first-order chi connectivity index (χ1) is 31.1. The van der Waals surface area contributed by atoms with Crippen molar-refractivity contribution in [1.29, 1.82) is 0 Å². The summed E-state index contributed by atoms with van der Waals surface area (Å²) in [6.45, 7) is 4.57. The number of esters is 2. The van der Waals surface area contributed by atoms with E-state index in [4.69, 9.17) is 14.2 Å². The Hall–Kier alpha value is -3.49. The fourth-order valence-corrected chi connectivity index (χ4v) is 7.14. The Morgan fingerprint density at radius 1 is 0.484 bits per heavy atom. The fourth-order valence-electron chi connectivity index (χ4n) is 7.14. The molecule has 0 bridgehead atoms. The van der Waals surface area contributed by atoms with Crippen LogP contribution in [0, 0.1) is 0 Å². The number of hydrogen-bond acceptors (Lipinski definition) is 6. The molecule has 64 heavy (non-hydrogen) atoms. The summed E-state index contributed by atoms with van der Waals surface area (Å²) in [5.41, 5.74) is 0. The number of carbonyl (C=O) groups excluding carboxylic acids is 2. The molecule has 0 saturated carbocycles. The second-order valence-electron chi connectivity index (χ2n) is 18.1. The van der Waals surface area contributed by atoms with E-state index in [1.807, 2.05) is 21.1 Å². The maximum absolute atomic E-state index is 12.8. The molecule has 2 unspecified atom stereocenters. The van der Waals surface area contributed by atoms with Gasteiger partial charge in [0.15, 0.2) is 12.1 Å². The molecular formula is C56H96NO7+. The fraction of sp³-hybridized carbons (Fsp3) is 0.696. The van der Waals surface area contributed by atoms with Crippen LogP contribution in [0.15, 0.2) is 85.1 Å². The monoisotopic (exact) mass is 895 g/mol. The lowest BCUT2D eigenvalue weighted by molar-refractivity contribution is -0.887. The van der Waals surface area contributed by atoms with E-state index in [2.05, 4.69) is 98.9 Å². The number of allylic oxidation sites excluding steroid dienone is 14. The molecule has 0 heterocycles. The Morgan fingerprint density at radius 2 is 0.875 bits per heavy atom. The second-order valence-corrected chi connectivity index (χ2v) is 18.1. The van der Waals surface area contributed by atoms with Crippen molar-refractivity contribution in [2.24, 2.45) is 0 Å². The highest BCUT2D eigenvalue weighted by Crippen LogP contribution is 2.15. The number of carboxylic acid groups (broad SMARTS) is 1. The molecule has 0 aromatic heterocycles. The number of aliphatic carboxylic acids is 1. The number of likely N-dealkylation sites (N-methyl/N-ethyl adjacent to an activating group) is 1.